The van der Waals surface area contributed by atoms with Gasteiger partial charge in [-0.1, -0.05) is 45.0 Å². The Kier molecular flexibility index (Phi) is 3.58. The molecule has 0 bridgehead atoms. The van der Waals surface area contributed by atoms with Gasteiger partial charge in [-0.2, -0.15) is 0 Å². The predicted molar refractivity (Wildman–Crippen MR) is 75.4 cm³/mol. The molecule has 2 N–H and O–H groups in total. The zero-order valence-electron chi connectivity index (χ0n) is 11.4. The van der Waals surface area contributed by atoms with Crippen LogP contribution in [0.15, 0.2) is 41.0 Å². The zero-order chi connectivity index (χ0) is 13.2. The standard InChI is InChI=1S/C16H21NO/c1-4-16(2,3)13-7-5-12(6-8-13)14-9-10-18-15(14)11-17/h5-10H,4,11,17H2,1-3H3. The third-order valence-corrected chi connectivity index (χ3v) is 3.79. The van der Waals surface area contributed by atoms with E-state index in [1.165, 1.54) is 11.1 Å². The molecule has 0 radical (unpaired) electrons. The van der Waals surface area contributed by atoms with Crippen LogP contribution in [0.1, 0.15) is 38.5 Å². The Morgan fingerprint density at radius 2 is 1.78 bits per heavy atom. The maximum Gasteiger partial charge on any atom is 0.125 e. The van der Waals surface area contributed by atoms with Crippen LogP contribution in [0.25, 0.3) is 11.1 Å². The molecule has 1 aromatic carbocycles. The second-order valence-corrected chi connectivity index (χ2v) is 5.28. The molecule has 18 heavy (non-hydrogen) atoms. The lowest BCUT2D eigenvalue weighted by molar-refractivity contribution is 0.506. The van der Waals surface area contributed by atoms with E-state index in [1.54, 1.807) is 6.26 Å². The second-order valence-electron chi connectivity index (χ2n) is 5.28. The van der Waals surface area contributed by atoms with Crippen LogP contribution >= 0.6 is 0 Å². The number of hydrogen-bond donors (Lipinski definition) is 1. The molecule has 0 aliphatic rings. The maximum absolute atomic E-state index is 5.66. The first kappa shape index (κ1) is 12.9. The Morgan fingerprint density at radius 3 is 2.33 bits per heavy atom. The van der Waals surface area contributed by atoms with E-state index in [2.05, 4.69) is 45.0 Å². The molecular formula is C16H21NO. The summed E-state index contributed by atoms with van der Waals surface area (Å²) in [6.07, 6.45) is 2.83. The van der Waals surface area contributed by atoms with Crippen molar-refractivity contribution in [1.29, 1.82) is 0 Å². The topological polar surface area (TPSA) is 39.2 Å². The molecule has 0 saturated heterocycles. The van der Waals surface area contributed by atoms with Crippen molar-refractivity contribution < 1.29 is 4.42 Å². The molecular weight excluding hydrogens is 222 g/mol. The molecule has 0 unspecified atom stereocenters. The minimum atomic E-state index is 0.228. The Bertz CT molecular complexity index is 508. The summed E-state index contributed by atoms with van der Waals surface area (Å²) >= 11 is 0. The van der Waals surface area contributed by atoms with Crippen molar-refractivity contribution in [2.45, 2.75) is 39.2 Å². The first-order chi connectivity index (χ1) is 8.58. The molecule has 0 atom stereocenters. The second kappa shape index (κ2) is 4.99. The summed E-state index contributed by atoms with van der Waals surface area (Å²) in [4.78, 5) is 0. The van der Waals surface area contributed by atoms with E-state index >= 15 is 0 Å². The van der Waals surface area contributed by atoms with Crippen LogP contribution in [0, 0.1) is 0 Å². The van der Waals surface area contributed by atoms with Crippen molar-refractivity contribution >= 4 is 0 Å². The normalized spacial score (nSPS) is 11.8. The smallest absolute Gasteiger partial charge is 0.125 e. The molecule has 0 saturated carbocycles. The molecule has 2 heteroatoms. The van der Waals surface area contributed by atoms with Crippen molar-refractivity contribution in [3.63, 3.8) is 0 Å². The fourth-order valence-corrected chi connectivity index (χ4v) is 2.06. The lowest BCUT2D eigenvalue weighted by Crippen LogP contribution is -2.14. The summed E-state index contributed by atoms with van der Waals surface area (Å²) in [6.45, 7) is 7.19. The van der Waals surface area contributed by atoms with Gasteiger partial charge in [0.15, 0.2) is 0 Å². The SMILES string of the molecule is CCC(C)(C)c1ccc(-c2ccoc2CN)cc1. The molecule has 0 spiro atoms. The largest absolute Gasteiger partial charge is 0.467 e. The molecule has 2 nitrogen and oxygen atoms in total. The molecule has 0 aliphatic heterocycles. The van der Waals surface area contributed by atoms with Gasteiger partial charge in [-0.05, 0) is 29.0 Å². The highest BCUT2D eigenvalue weighted by Crippen LogP contribution is 2.30. The molecule has 0 aliphatic carbocycles. The van der Waals surface area contributed by atoms with Crippen molar-refractivity contribution in [2.75, 3.05) is 0 Å². The van der Waals surface area contributed by atoms with Crippen LogP contribution in [0.5, 0.6) is 0 Å². The third kappa shape index (κ3) is 2.34. The highest BCUT2D eigenvalue weighted by atomic mass is 16.3. The number of benzene rings is 1. The van der Waals surface area contributed by atoms with E-state index in [4.69, 9.17) is 10.2 Å². The molecule has 1 aromatic heterocycles. The van der Waals surface area contributed by atoms with Crippen molar-refractivity contribution in [3.05, 3.63) is 47.9 Å². The third-order valence-electron chi connectivity index (χ3n) is 3.79. The van der Waals surface area contributed by atoms with Gasteiger partial charge in [0.05, 0.1) is 12.8 Å². The van der Waals surface area contributed by atoms with Crippen LogP contribution in [0.3, 0.4) is 0 Å². The summed E-state index contributed by atoms with van der Waals surface area (Å²) in [6, 6.07) is 10.7. The lowest BCUT2D eigenvalue weighted by Gasteiger charge is -2.23. The fourth-order valence-electron chi connectivity index (χ4n) is 2.06. The number of hydrogen-bond acceptors (Lipinski definition) is 2. The van der Waals surface area contributed by atoms with Gasteiger partial charge in [0.25, 0.3) is 0 Å². The van der Waals surface area contributed by atoms with E-state index in [-0.39, 0.29) is 5.41 Å². The zero-order valence-corrected chi connectivity index (χ0v) is 11.4. The monoisotopic (exact) mass is 243 g/mol. The average Bonchev–Trinajstić information content (AvgIpc) is 2.87. The molecule has 0 fully saturated rings. The lowest BCUT2D eigenvalue weighted by atomic mass is 9.82. The Morgan fingerprint density at radius 1 is 1.11 bits per heavy atom. The van der Waals surface area contributed by atoms with E-state index in [0.717, 1.165) is 17.7 Å². The van der Waals surface area contributed by atoms with Gasteiger partial charge < -0.3 is 10.2 Å². The van der Waals surface area contributed by atoms with Crippen LogP contribution in [-0.4, -0.2) is 0 Å². The molecule has 2 rings (SSSR count). The van der Waals surface area contributed by atoms with Crippen molar-refractivity contribution in [3.8, 4) is 11.1 Å². The maximum atomic E-state index is 5.66. The number of rotatable bonds is 4. The van der Waals surface area contributed by atoms with E-state index in [1.807, 2.05) is 6.07 Å². The quantitative estimate of drug-likeness (QED) is 0.878. The Labute approximate surface area is 109 Å². The van der Waals surface area contributed by atoms with Crippen molar-refractivity contribution in [1.82, 2.24) is 0 Å². The van der Waals surface area contributed by atoms with Crippen LogP contribution < -0.4 is 5.73 Å². The van der Waals surface area contributed by atoms with Gasteiger partial charge >= 0.3 is 0 Å². The molecule has 0 amide bonds. The average molecular weight is 243 g/mol. The molecule has 1 heterocycles. The number of furan rings is 1. The highest BCUT2D eigenvalue weighted by molar-refractivity contribution is 5.65. The predicted octanol–water partition coefficient (Wildman–Crippen LogP) is 4.09. The van der Waals surface area contributed by atoms with E-state index in [0.29, 0.717) is 6.54 Å². The summed E-state index contributed by atoms with van der Waals surface area (Å²) in [7, 11) is 0. The number of nitrogens with two attached hydrogens (primary N) is 1. The molecule has 2 aromatic rings. The minimum absolute atomic E-state index is 0.228. The van der Waals surface area contributed by atoms with Gasteiger partial charge in [0, 0.05) is 5.56 Å². The van der Waals surface area contributed by atoms with Gasteiger partial charge in [-0.25, -0.2) is 0 Å². The Balaban J connectivity index is 2.34. The summed E-state index contributed by atoms with van der Waals surface area (Å²) in [5.41, 5.74) is 9.52. The van der Waals surface area contributed by atoms with Crippen LogP contribution in [0.2, 0.25) is 0 Å². The summed E-state index contributed by atoms with van der Waals surface area (Å²) < 4.78 is 5.36. The van der Waals surface area contributed by atoms with Crippen LogP contribution in [0.4, 0.5) is 0 Å². The minimum Gasteiger partial charge on any atom is -0.467 e. The van der Waals surface area contributed by atoms with Gasteiger partial charge in [-0.3, -0.25) is 0 Å². The summed E-state index contributed by atoms with van der Waals surface area (Å²) in [5.74, 6) is 0.845. The fraction of sp³-hybridized carbons (Fsp3) is 0.375. The van der Waals surface area contributed by atoms with Gasteiger partial charge in [0.1, 0.15) is 5.76 Å². The van der Waals surface area contributed by atoms with Crippen LogP contribution in [-0.2, 0) is 12.0 Å². The summed E-state index contributed by atoms with van der Waals surface area (Å²) in [5, 5.41) is 0. The van der Waals surface area contributed by atoms with Crippen molar-refractivity contribution in [2.24, 2.45) is 5.73 Å². The van der Waals surface area contributed by atoms with Gasteiger partial charge in [-0.15, -0.1) is 0 Å². The first-order valence-corrected chi connectivity index (χ1v) is 6.46. The van der Waals surface area contributed by atoms with E-state index < -0.39 is 0 Å². The first-order valence-electron chi connectivity index (χ1n) is 6.46. The highest BCUT2D eigenvalue weighted by Gasteiger charge is 2.18. The van der Waals surface area contributed by atoms with Gasteiger partial charge in [0.2, 0.25) is 0 Å². The van der Waals surface area contributed by atoms with E-state index in [9.17, 15) is 0 Å². The Hall–Kier alpha value is -1.54. The molecule has 96 valence electrons.